The molecule has 0 aliphatic rings. The number of benzene rings is 3. The van der Waals surface area contributed by atoms with Gasteiger partial charge in [-0.1, -0.05) is 23.7 Å². The second-order valence-electron chi connectivity index (χ2n) is 8.45. The molecule has 0 aliphatic heterocycles. The van der Waals surface area contributed by atoms with Crippen LogP contribution in [-0.4, -0.2) is 59.0 Å². The maximum atomic E-state index is 13.9. The maximum absolute atomic E-state index is 13.9. The van der Waals surface area contributed by atoms with Gasteiger partial charge in [-0.05, 0) is 61.0 Å². The Bertz CT molecular complexity index is 1440. The van der Waals surface area contributed by atoms with Gasteiger partial charge < -0.3 is 19.7 Å². The second kappa shape index (κ2) is 12.8. The van der Waals surface area contributed by atoms with Gasteiger partial charge in [-0.25, -0.2) is 12.8 Å². The summed E-state index contributed by atoms with van der Waals surface area (Å²) < 4.78 is 52.8. The first kappa shape index (κ1) is 29.7. The van der Waals surface area contributed by atoms with Gasteiger partial charge in [0.15, 0.2) is 11.5 Å². The predicted octanol–water partition coefficient (Wildman–Crippen LogP) is 3.85. The first-order valence-corrected chi connectivity index (χ1v) is 13.6. The summed E-state index contributed by atoms with van der Waals surface area (Å²) in [5.74, 6) is -1.21. The number of anilines is 1. The highest BCUT2D eigenvalue weighted by atomic mass is 35.5. The summed E-state index contributed by atoms with van der Waals surface area (Å²) in [6.45, 7) is 0.845. The molecule has 3 aromatic carbocycles. The molecule has 0 bridgehead atoms. The van der Waals surface area contributed by atoms with Gasteiger partial charge in [0.25, 0.3) is 10.0 Å². The van der Waals surface area contributed by atoms with Crippen LogP contribution in [0, 0.1) is 5.82 Å². The molecule has 0 spiro atoms. The first-order valence-electron chi connectivity index (χ1n) is 11.8. The van der Waals surface area contributed by atoms with Gasteiger partial charge in [0.2, 0.25) is 11.8 Å². The number of halogens is 2. The third-order valence-corrected chi connectivity index (χ3v) is 8.00. The lowest BCUT2D eigenvalue weighted by atomic mass is 10.1. The molecule has 208 valence electrons. The minimum Gasteiger partial charge on any atom is -0.493 e. The van der Waals surface area contributed by atoms with E-state index in [0.29, 0.717) is 16.3 Å². The number of nitrogens with zero attached hydrogens (tertiary/aromatic N) is 2. The van der Waals surface area contributed by atoms with Gasteiger partial charge in [-0.15, -0.1) is 0 Å². The molecule has 3 rings (SSSR count). The van der Waals surface area contributed by atoms with Crippen LogP contribution in [0.25, 0.3) is 0 Å². The minimum absolute atomic E-state index is 0.0123. The highest BCUT2D eigenvalue weighted by molar-refractivity contribution is 7.92. The number of sulfonamides is 1. The average molecular weight is 578 g/mol. The van der Waals surface area contributed by atoms with E-state index >= 15 is 0 Å². The Kier molecular flexibility index (Phi) is 9.76. The number of methoxy groups -OCH3 is 2. The third kappa shape index (κ3) is 6.98. The summed E-state index contributed by atoms with van der Waals surface area (Å²) in [7, 11) is -0.162. The Hall–Kier alpha value is -3.83. The third-order valence-electron chi connectivity index (χ3n) is 5.99. The number of carbonyl (C=O) groups excluding carboxylic acids is 2. The molecular weight excluding hydrogens is 549 g/mol. The van der Waals surface area contributed by atoms with E-state index in [1.165, 1.54) is 63.4 Å². The molecule has 3 aromatic rings. The van der Waals surface area contributed by atoms with Crippen molar-refractivity contribution >= 4 is 39.1 Å². The van der Waals surface area contributed by atoms with Crippen LogP contribution in [0.2, 0.25) is 5.02 Å². The number of rotatable bonds is 11. The quantitative estimate of drug-likeness (QED) is 0.371. The molecule has 0 aromatic heterocycles. The highest BCUT2D eigenvalue weighted by Crippen LogP contribution is 2.32. The molecule has 9 nitrogen and oxygen atoms in total. The van der Waals surface area contributed by atoms with E-state index in [1.807, 2.05) is 0 Å². The van der Waals surface area contributed by atoms with Crippen LogP contribution in [0.4, 0.5) is 10.1 Å². The Morgan fingerprint density at radius 2 is 1.67 bits per heavy atom. The molecule has 1 atom stereocenters. The van der Waals surface area contributed by atoms with Crippen molar-refractivity contribution in [1.82, 2.24) is 10.2 Å². The predicted molar refractivity (Wildman–Crippen MR) is 146 cm³/mol. The Morgan fingerprint density at radius 1 is 1.00 bits per heavy atom. The number of ether oxygens (including phenoxy) is 2. The molecule has 0 saturated heterocycles. The molecule has 0 heterocycles. The number of hydrogen-bond acceptors (Lipinski definition) is 6. The van der Waals surface area contributed by atoms with Gasteiger partial charge in [0.1, 0.15) is 18.4 Å². The van der Waals surface area contributed by atoms with Gasteiger partial charge in [-0.3, -0.25) is 13.9 Å². The van der Waals surface area contributed by atoms with E-state index in [9.17, 15) is 22.4 Å². The summed E-state index contributed by atoms with van der Waals surface area (Å²) in [6, 6.07) is 14.5. The van der Waals surface area contributed by atoms with Crippen molar-refractivity contribution in [3.63, 3.8) is 0 Å². The molecule has 12 heteroatoms. The molecule has 0 aliphatic carbocycles. The summed E-state index contributed by atoms with van der Waals surface area (Å²) in [6.07, 6.45) is 0. The van der Waals surface area contributed by atoms with E-state index in [0.717, 1.165) is 16.4 Å². The average Bonchev–Trinajstić information content (AvgIpc) is 2.93. The van der Waals surface area contributed by atoms with E-state index in [-0.39, 0.29) is 22.9 Å². The fourth-order valence-corrected chi connectivity index (χ4v) is 5.51. The molecule has 0 radical (unpaired) electrons. The van der Waals surface area contributed by atoms with Crippen LogP contribution in [0.15, 0.2) is 71.6 Å². The first-order chi connectivity index (χ1) is 18.5. The number of hydrogen-bond donors (Lipinski definition) is 1. The van der Waals surface area contributed by atoms with Crippen molar-refractivity contribution in [3.05, 3.63) is 83.1 Å². The number of amides is 2. The Morgan fingerprint density at radius 3 is 2.26 bits per heavy atom. The number of nitrogens with one attached hydrogen (secondary N) is 1. The molecule has 39 heavy (non-hydrogen) atoms. The van der Waals surface area contributed by atoms with Crippen LogP contribution >= 0.6 is 11.6 Å². The molecule has 2 amide bonds. The second-order valence-corrected chi connectivity index (χ2v) is 10.7. The van der Waals surface area contributed by atoms with Gasteiger partial charge in [0.05, 0.1) is 24.8 Å². The number of carbonyl (C=O) groups is 2. The van der Waals surface area contributed by atoms with Gasteiger partial charge in [0, 0.05) is 24.7 Å². The van der Waals surface area contributed by atoms with Crippen molar-refractivity contribution in [2.75, 3.05) is 32.1 Å². The summed E-state index contributed by atoms with van der Waals surface area (Å²) in [5, 5.41) is 2.95. The van der Waals surface area contributed by atoms with E-state index in [4.69, 9.17) is 21.1 Å². The standard InChI is InChI=1S/C27H29ClFN3O6S/c1-18(27(34)30-2)31(16-19-6-5-7-20(28)14-19)26(33)17-32(22-10-8-21(29)9-11-22)39(35,36)23-12-13-24(37-3)25(15-23)38-4/h5-15,18H,16-17H2,1-4H3,(H,30,34). The fraction of sp³-hybridized carbons (Fsp3) is 0.259. The largest absolute Gasteiger partial charge is 0.493 e. The van der Waals surface area contributed by atoms with Crippen LogP contribution in [0.5, 0.6) is 11.5 Å². The van der Waals surface area contributed by atoms with Crippen LogP contribution in [0.3, 0.4) is 0 Å². The molecule has 1 N–H and O–H groups in total. The summed E-state index contributed by atoms with van der Waals surface area (Å²) in [5.41, 5.74) is 0.692. The number of likely N-dealkylation sites (N-methyl/N-ethyl adjacent to an activating group) is 1. The fourth-order valence-electron chi connectivity index (χ4n) is 3.86. The van der Waals surface area contributed by atoms with Crippen molar-refractivity contribution < 1.29 is 31.9 Å². The van der Waals surface area contributed by atoms with Crippen molar-refractivity contribution in [3.8, 4) is 11.5 Å². The van der Waals surface area contributed by atoms with E-state index in [1.54, 1.807) is 24.3 Å². The topological polar surface area (TPSA) is 105 Å². The summed E-state index contributed by atoms with van der Waals surface area (Å²) >= 11 is 6.11. The Balaban J connectivity index is 2.07. The monoisotopic (exact) mass is 577 g/mol. The zero-order valence-corrected chi connectivity index (χ0v) is 23.4. The Labute approximate surface area is 232 Å². The van der Waals surface area contributed by atoms with Crippen molar-refractivity contribution in [2.24, 2.45) is 0 Å². The van der Waals surface area contributed by atoms with Crippen molar-refractivity contribution in [1.29, 1.82) is 0 Å². The lowest BCUT2D eigenvalue weighted by molar-refractivity contribution is -0.139. The molecule has 0 saturated carbocycles. The summed E-state index contributed by atoms with van der Waals surface area (Å²) in [4.78, 5) is 27.3. The minimum atomic E-state index is -4.38. The van der Waals surface area contributed by atoms with Crippen LogP contribution in [-0.2, 0) is 26.2 Å². The normalized spacial score (nSPS) is 11.8. The van der Waals surface area contributed by atoms with Gasteiger partial charge >= 0.3 is 0 Å². The zero-order valence-electron chi connectivity index (χ0n) is 21.9. The maximum Gasteiger partial charge on any atom is 0.264 e. The SMILES string of the molecule is CNC(=O)C(C)N(Cc1cccc(Cl)c1)C(=O)CN(c1ccc(F)cc1)S(=O)(=O)c1ccc(OC)c(OC)c1. The highest BCUT2D eigenvalue weighted by Gasteiger charge is 2.33. The molecule has 1 unspecified atom stereocenters. The lowest BCUT2D eigenvalue weighted by Crippen LogP contribution is -2.50. The molecular formula is C27H29ClFN3O6S. The lowest BCUT2D eigenvalue weighted by Gasteiger charge is -2.31. The van der Waals surface area contributed by atoms with Crippen molar-refractivity contribution in [2.45, 2.75) is 24.4 Å². The van der Waals surface area contributed by atoms with Gasteiger partial charge in [-0.2, -0.15) is 0 Å². The molecule has 0 fully saturated rings. The smallest absolute Gasteiger partial charge is 0.264 e. The van der Waals surface area contributed by atoms with Crippen LogP contribution < -0.4 is 19.1 Å². The van der Waals surface area contributed by atoms with Crippen LogP contribution in [0.1, 0.15) is 12.5 Å². The zero-order chi connectivity index (χ0) is 28.7. The van der Waals surface area contributed by atoms with E-state index in [2.05, 4.69) is 5.32 Å². The van der Waals surface area contributed by atoms with E-state index < -0.39 is 40.2 Å².